The van der Waals surface area contributed by atoms with Crippen molar-refractivity contribution in [2.75, 3.05) is 0 Å². The Balaban J connectivity index is 1.66. The molecule has 0 aliphatic heterocycles. The maximum absolute atomic E-state index is 12.2. The van der Waals surface area contributed by atoms with Gasteiger partial charge in [0, 0.05) is 5.56 Å². The molecule has 0 fully saturated rings. The third-order valence-electron chi connectivity index (χ3n) is 3.33. The van der Waals surface area contributed by atoms with E-state index in [-0.39, 0.29) is 5.91 Å². The molecule has 3 aromatic rings. The molecule has 0 bridgehead atoms. The lowest BCUT2D eigenvalue weighted by atomic mass is 10.1. The number of rotatable bonds is 4. The number of thiophene rings is 1. The fraction of sp³-hybridized carbons (Fsp3) is 0.167. The molecule has 0 atom stereocenters. The Hall–Kier alpha value is -2.33. The number of carbonyl (C=O) groups excluding carboxylic acids is 1. The van der Waals surface area contributed by atoms with Crippen LogP contribution in [0, 0.1) is 13.8 Å². The van der Waals surface area contributed by atoms with Gasteiger partial charge in [0.25, 0.3) is 5.91 Å². The van der Waals surface area contributed by atoms with Crippen LogP contribution in [-0.2, 0) is 6.54 Å². The van der Waals surface area contributed by atoms with E-state index in [1.807, 2.05) is 55.6 Å². The number of furan rings is 1. The van der Waals surface area contributed by atoms with Gasteiger partial charge in [-0.05, 0) is 49.6 Å². The molecule has 1 aromatic carbocycles. The molecule has 22 heavy (non-hydrogen) atoms. The molecule has 112 valence electrons. The Morgan fingerprint density at radius 2 is 1.91 bits per heavy atom. The summed E-state index contributed by atoms with van der Waals surface area (Å²) in [4.78, 5) is 13.3. The molecule has 4 heteroatoms. The van der Waals surface area contributed by atoms with Gasteiger partial charge < -0.3 is 9.73 Å². The van der Waals surface area contributed by atoms with Crippen molar-refractivity contribution in [3.63, 3.8) is 0 Å². The second kappa shape index (κ2) is 6.20. The van der Waals surface area contributed by atoms with Crippen LogP contribution in [-0.4, -0.2) is 5.91 Å². The highest BCUT2D eigenvalue weighted by atomic mass is 32.1. The summed E-state index contributed by atoms with van der Waals surface area (Å²) in [7, 11) is 0. The Labute approximate surface area is 133 Å². The van der Waals surface area contributed by atoms with E-state index in [4.69, 9.17) is 4.42 Å². The first kappa shape index (κ1) is 14.6. The highest BCUT2D eigenvalue weighted by molar-refractivity contribution is 7.13. The molecule has 0 radical (unpaired) electrons. The monoisotopic (exact) mass is 311 g/mol. The van der Waals surface area contributed by atoms with Crippen molar-refractivity contribution < 1.29 is 9.21 Å². The van der Waals surface area contributed by atoms with E-state index in [9.17, 15) is 4.79 Å². The number of hydrogen-bond acceptors (Lipinski definition) is 3. The average Bonchev–Trinajstić information content (AvgIpc) is 3.14. The van der Waals surface area contributed by atoms with Crippen LogP contribution >= 0.6 is 11.3 Å². The van der Waals surface area contributed by atoms with Gasteiger partial charge in [-0.15, -0.1) is 11.3 Å². The predicted octanol–water partition coefficient (Wildman–Crippen LogP) is 4.55. The maximum Gasteiger partial charge on any atom is 0.251 e. The van der Waals surface area contributed by atoms with Crippen LogP contribution in [0.1, 0.15) is 27.2 Å². The van der Waals surface area contributed by atoms with Crippen molar-refractivity contribution in [3.05, 3.63) is 70.3 Å². The topological polar surface area (TPSA) is 42.2 Å². The Kier molecular flexibility index (Phi) is 4.11. The Bertz CT molecular complexity index is 767. The molecule has 0 spiro atoms. The molecule has 3 nitrogen and oxygen atoms in total. The molecule has 0 aliphatic rings. The highest BCUT2D eigenvalue weighted by Crippen LogP contribution is 2.26. The van der Waals surface area contributed by atoms with Crippen molar-refractivity contribution in [3.8, 4) is 10.6 Å². The van der Waals surface area contributed by atoms with E-state index in [1.54, 1.807) is 11.3 Å². The summed E-state index contributed by atoms with van der Waals surface area (Å²) in [6.07, 6.45) is 0. The van der Waals surface area contributed by atoms with Gasteiger partial charge in [0.05, 0.1) is 11.4 Å². The first-order valence-electron chi connectivity index (χ1n) is 7.11. The van der Waals surface area contributed by atoms with Gasteiger partial charge in [-0.3, -0.25) is 4.79 Å². The normalized spacial score (nSPS) is 10.6. The van der Waals surface area contributed by atoms with Crippen LogP contribution in [0.15, 0.2) is 52.3 Å². The third kappa shape index (κ3) is 3.28. The van der Waals surface area contributed by atoms with Gasteiger partial charge in [0.15, 0.2) is 0 Å². The average molecular weight is 311 g/mol. The summed E-state index contributed by atoms with van der Waals surface area (Å²) in [5.41, 5.74) is 2.86. The van der Waals surface area contributed by atoms with Crippen LogP contribution < -0.4 is 5.32 Å². The van der Waals surface area contributed by atoms with Gasteiger partial charge in [0.1, 0.15) is 11.5 Å². The van der Waals surface area contributed by atoms with Gasteiger partial charge in [-0.25, -0.2) is 0 Å². The molecule has 0 unspecified atom stereocenters. The number of nitrogens with one attached hydrogen (secondary N) is 1. The summed E-state index contributed by atoms with van der Waals surface area (Å²) in [5, 5.41) is 4.91. The number of carbonyl (C=O) groups is 1. The zero-order valence-corrected chi connectivity index (χ0v) is 13.4. The van der Waals surface area contributed by atoms with Crippen molar-refractivity contribution in [1.82, 2.24) is 5.32 Å². The predicted molar refractivity (Wildman–Crippen MR) is 89.1 cm³/mol. The van der Waals surface area contributed by atoms with E-state index in [2.05, 4.69) is 11.4 Å². The lowest BCUT2D eigenvalue weighted by Crippen LogP contribution is -2.22. The molecule has 1 N–H and O–H groups in total. The fourth-order valence-corrected chi connectivity index (χ4v) is 3.09. The highest BCUT2D eigenvalue weighted by Gasteiger charge is 2.09. The first-order valence-corrected chi connectivity index (χ1v) is 7.99. The molecule has 1 amide bonds. The summed E-state index contributed by atoms with van der Waals surface area (Å²) >= 11 is 1.63. The minimum atomic E-state index is -0.0825. The second-order valence-corrected chi connectivity index (χ2v) is 6.25. The first-order chi connectivity index (χ1) is 10.6. The van der Waals surface area contributed by atoms with Crippen molar-refractivity contribution in [2.24, 2.45) is 0 Å². The standard InChI is InChI=1S/C18H17NO2S/c1-12-8-13(2)10-14(9-12)18(20)19-11-15-5-6-16(21-15)17-4-3-7-22-17/h3-10H,11H2,1-2H3,(H,19,20). The van der Waals surface area contributed by atoms with Crippen molar-refractivity contribution in [1.29, 1.82) is 0 Å². The molecule has 3 rings (SSSR count). The van der Waals surface area contributed by atoms with Crippen LogP contribution in [0.2, 0.25) is 0 Å². The zero-order chi connectivity index (χ0) is 15.5. The van der Waals surface area contributed by atoms with Crippen molar-refractivity contribution in [2.45, 2.75) is 20.4 Å². The smallest absolute Gasteiger partial charge is 0.251 e. The molecule has 0 aliphatic carbocycles. The summed E-state index contributed by atoms with van der Waals surface area (Å²) in [6.45, 7) is 4.37. The molecule has 2 aromatic heterocycles. The lowest BCUT2D eigenvalue weighted by molar-refractivity contribution is 0.0948. The number of amides is 1. The lowest BCUT2D eigenvalue weighted by Gasteiger charge is -2.06. The fourth-order valence-electron chi connectivity index (χ4n) is 2.40. The summed E-state index contributed by atoms with van der Waals surface area (Å²) < 4.78 is 5.76. The van der Waals surface area contributed by atoms with Crippen LogP contribution in [0.4, 0.5) is 0 Å². The maximum atomic E-state index is 12.2. The van der Waals surface area contributed by atoms with E-state index < -0.39 is 0 Å². The summed E-state index contributed by atoms with van der Waals surface area (Å²) in [6, 6.07) is 13.7. The largest absolute Gasteiger partial charge is 0.458 e. The van der Waals surface area contributed by atoms with E-state index in [0.29, 0.717) is 12.1 Å². The van der Waals surface area contributed by atoms with Crippen LogP contribution in [0.3, 0.4) is 0 Å². The molecular formula is C18H17NO2S. The second-order valence-electron chi connectivity index (χ2n) is 5.30. The van der Waals surface area contributed by atoms with E-state index in [0.717, 1.165) is 27.5 Å². The van der Waals surface area contributed by atoms with Crippen molar-refractivity contribution >= 4 is 17.2 Å². The van der Waals surface area contributed by atoms with Crippen LogP contribution in [0.25, 0.3) is 10.6 Å². The number of hydrogen-bond donors (Lipinski definition) is 1. The van der Waals surface area contributed by atoms with E-state index >= 15 is 0 Å². The third-order valence-corrected chi connectivity index (χ3v) is 4.22. The SMILES string of the molecule is Cc1cc(C)cc(C(=O)NCc2ccc(-c3cccs3)o2)c1. The van der Waals surface area contributed by atoms with Gasteiger partial charge in [-0.2, -0.15) is 0 Å². The zero-order valence-electron chi connectivity index (χ0n) is 12.6. The van der Waals surface area contributed by atoms with Crippen LogP contribution in [0.5, 0.6) is 0 Å². The van der Waals surface area contributed by atoms with Gasteiger partial charge in [-0.1, -0.05) is 23.3 Å². The van der Waals surface area contributed by atoms with E-state index in [1.165, 1.54) is 0 Å². The van der Waals surface area contributed by atoms with Gasteiger partial charge >= 0.3 is 0 Å². The quantitative estimate of drug-likeness (QED) is 0.767. The minimum Gasteiger partial charge on any atom is -0.458 e. The number of aryl methyl sites for hydroxylation is 2. The number of benzene rings is 1. The minimum absolute atomic E-state index is 0.0825. The molecule has 0 saturated heterocycles. The Morgan fingerprint density at radius 1 is 1.14 bits per heavy atom. The van der Waals surface area contributed by atoms with Gasteiger partial charge in [0.2, 0.25) is 0 Å². The Morgan fingerprint density at radius 3 is 2.59 bits per heavy atom. The molecule has 2 heterocycles. The summed E-state index contributed by atoms with van der Waals surface area (Å²) in [5.74, 6) is 1.51. The molecule has 0 saturated carbocycles. The molecular weight excluding hydrogens is 294 g/mol.